The molecule has 0 aliphatic heterocycles. The fraction of sp³-hybridized carbons (Fsp3) is 0.381. The minimum atomic E-state index is -0.129. The Morgan fingerprint density at radius 2 is 2.00 bits per heavy atom. The van der Waals surface area contributed by atoms with E-state index in [1.165, 1.54) is 16.8 Å². The molecule has 26 heavy (non-hydrogen) atoms. The fourth-order valence-corrected chi connectivity index (χ4v) is 3.64. The summed E-state index contributed by atoms with van der Waals surface area (Å²) >= 11 is 0. The van der Waals surface area contributed by atoms with E-state index in [0.29, 0.717) is 23.7 Å². The van der Waals surface area contributed by atoms with E-state index >= 15 is 0 Å². The first-order valence-electron chi connectivity index (χ1n) is 9.36. The van der Waals surface area contributed by atoms with Gasteiger partial charge in [0.1, 0.15) is 5.56 Å². The maximum atomic E-state index is 12.6. The zero-order valence-electron chi connectivity index (χ0n) is 15.3. The Labute approximate surface area is 153 Å². The summed E-state index contributed by atoms with van der Waals surface area (Å²) in [6.45, 7) is 4.90. The molecule has 2 heterocycles. The van der Waals surface area contributed by atoms with Gasteiger partial charge in [-0.15, -0.1) is 0 Å². The van der Waals surface area contributed by atoms with Gasteiger partial charge in [-0.3, -0.25) is 4.79 Å². The zero-order chi connectivity index (χ0) is 18.1. The van der Waals surface area contributed by atoms with Crippen molar-refractivity contribution in [2.24, 2.45) is 5.92 Å². The Hall–Kier alpha value is -2.69. The number of carbonyl (C=O) groups excluding carboxylic acids is 1. The molecule has 1 unspecified atom stereocenters. The predicted octanol–water partition coefficient (Wildman–Crippen LogP) is 3.35. The number of hydrogen-bond donors (Lipinski definition) is 1. The largest absolute Gasteiger partial charge is 0.348 e. The summed E-state index contributed by atoms with van der Waals surface area (Å²) in [5, 5.41) is 7.43. The van der Waals surface area contributed by atoms with Crippen LogP contribution in [-0.2, 0) is 25.8 Å². The van der Waals surface area contributed by atoms with Gasteiger partial charge < -0.3 is 5.32 Å². The molecule has 0 bridgehead atoms. The van der Waals surface area contributed by atoms with E-state index in [1.54, 1.807) is 6.20 Å². The van der Waals surface area contributed by atoms with Gasteiger partial charge in [-0.1, -0.05) is 38.1 Å². The maximum absolute atomic E-state index is 12.6. The van der Waals surface area contributed by atoms with Gasteiger partial charge in [-0.2, -0.15) is 5.10 Å². The lowest BCUT2D eigenvalue weighted by molar-refractivity contribution is 0.0952. The molecule has 5 nitrogen and oxygen atoms in total. The first-order chi connectivity index (χ1) is 12.7. The van der Waals surface area contributed by atoms with Gasteiger partial charge in [0.15, 0.2) is 5.65 Å². The standard InChI is InChI=1S/C21H24N4O/c1-3-15-5-7-16(8-6-15)11-23-21(26)18-13-24-25-19-9-4-14(2)10-17(19)12-22-20(18)25/h5-8,12-14H,3-4,9-11H2,1-2H3,(H,23,26). The van der Waals surface area contributed by atoms with Crippen molar-refractivity contribution in [1.29, 1.82) is 0 Å². The van der Waals surface area contributed by atoms with Crippen LogP contribution in [0.3, 0.4) is 0 Å². The van der Waals surface area contributed by atoms with Gasteiger partial charge >= 0.3 is 0 Å². The van der Waals surface area contributed by atoms with E-state index in [1.807, 2.05) is 10.7 Å². The Morgan fingerprint density at radius 1 is 1.23 bits per heavy atom. The van der Waals surface area contributed by atoms with Crippen LogP contribution in [0.4, 0.5) is 0 Å². The SMILES string of the molecule is CCc1ccc(CNC(=O)c2cnn3c4c(cnc23)CC(C)CC4)cc1. The first kappa shape index (κ1) is 16.8. The molecule has 1 aliphatic carbocycles. The predicted molar refractivity (Wildman–Crippen MR) is 101 cm³/mol. The van der Waals surface area contributed by atoms with Crippen molar-refractivity contribution >= 4 is 11.6 Å². The number of fused-ring (bicyclic) bond motifs is 3. The van der Waals surface area contributed by atoms with Gasteiger partial charge in [0.2, 0.25) is 0 Å². The van der Waals surface area contributed by atoms with E-state index < -0.39 is 0 Å². The number of nitrogens with one attached hydrogen (secondary N) is 1. The van der Waals surface area contributed by atoms with Crippen molar-refractivity contribution in [3.05, 3.63) is 64.6 Å². The molecule has 0 radical (unpaired) electrons. The first-order valence-corrected chi connectivity index (χ1v) is 9.36. The molecule has 134 valence electrons. The highest BCUT2D eigenvalue weighted by Crippen LogP contribution is 2.25. The number of amides is 1. The zero-order valence-corrected chi connectivity index (χ0v) is 15.3. The van der Waals surface area contributed by atoms with Gasteiger partial charge in [0.05, 0.1) is 6.20 Å². The molecular weight excluding hydrogens is 324 g/mol. The summed E-state index contributed by atoms with van der Waals surface area (Å²) in [5.41, 5.74) is 6.02. The highest BCUT2D eigenvalue weighted by atomic mass is 16.1. The van der Waals surface area contributed by atoms with Crippen LogP contribution in [-0.4, -0.2) is 20.5 Å². The second-order valence-corrected chi connectivity index (χ2v) is 7.22. The molecule has 1 N–H and O–H groups in total. The van der Waals surface area contributed by atoms with Gasteiger partial charge in [0.25, 0.3) is 5.91 Å². The number of benzene rings is 1. The van der Waals surface area contributed by atoms with Crippen molar-refractivity contribution < 1.29 is 4.79 Å². The highest BCUT2D eigenvalue weighted by Gasteiger charge is 2.21. The molecule has 0 spiro atoms. The second kappa shape index (κ2) is 6.90. The summed E-state index contributed by atoms with van der Waals surface area (Å²) in [6, 6.07) is 8.33. The molecule has 4 rings (SSSR count). The Kier molecular flexibility index (Phi) is 4.45. The molecule has 0 saturated carbocycles. The minimum Gasteiger partial charge on any atom is -0.348 e. The van der Waals surface area contributed by atoms with Crippen LogP contribution in [0, 0.1) is 5.92 Å². The van der Waals surface area contributed by atoms with Crippen molar-refractivity contribution in [3.63, 3.8) is 0 Å². The summed E-state index contributed by atoms with van der Waals surface area (Å²) in [7, 11) is 0. The van der Waals surface area contributed by atoms with Crippen molar-refractivity contribution in [2.45, 2.75) is 46.1 Å². The average Bonchev–Trinajstić information content (AvgIpc) is 3.10. The third-order valence-electron chi connectivity index (χ3n) is 5.28. The number of aryl methyl sites for hydroxylation is 2. The number of aromatic nitrogens is 3. The summed E-state index contributed by atoms with van der Waals surface area (Å²) < 4.78 is 1.85. The van der Waals surface area contributed by atoms with E-state index in [-0.39, 0.29) is 5.91 Å². The molecule has 1 aliphatic rings. The normalized spacial score (nSPS) is 16.5. The minimum absolute atomic E-state index is 0.129. The van der Waals surface area contributed by atoms with Crippen molar-refractivity contribution in [2.75, 3.05) is 0 Å². The topological polar surface area (TPSA) is 59.3 Å². The lowest BCUT2D eigenvalue weighted by Gasteiger charge is -2.21. The van der Waals surface area contributed by atoms with Crippen LogP contribution < -0.4 is 5.32 Å². The number of nitrogens with zero attached hydrogens (tertiary/aromatic N) is 3. The molecule has 2 aromatic heterocycles. The molecule has 3 aromatic rings. The number of rotatable bonds is 4. The summed E-state index contributed by atoms with van der Waals surface area (Å²) in [6.07, 6.45) is 7.75. The fourth-order valence-electron chi connectivity index (χ4n) is 3.64. The summed E-state index contributed by atoms with van der Waals surface area (Å²) in [5.74, 6) is 0.551. The van der Waals surface area contributed by atoms with Crippen LogP contribution in [0.1, 0.15) is 53.0 Å². The van der Waals surface area contributed by atoms with Crippen LogP contribution >= 0.6 is 0 Å². The third-order valence-corrected chi connectivity index (χ3v) is 5.28. The smallest absolute Gasteiger partial charge is 0.257 e. The molecule has 1 atom stereocenters. The van der Waals surface area contributed by atoms with E-state index in [0.717, 1.165) is 31.2 Å². The van der Waals surface area contributed by atoms with Crippen LogP contribution in [0.2, 0.25) is 0 Å². The number of carbonyl (C=O) groups is 1. The Balaban J connectivity index is 1.53. The highest BCUT2D eigenvalue weighted by molar-refractivity contribution is 5.99. The average molecular weight is 348 g/mol. The lowest BCUT2D eigenvalue weighted by atomic mass is 9.89. The van der Waals surface area contributed by atoms with E-state index in [2.05, 4.69) is 53.5 Å². The number of hydrogen-bond acceptors (Lipinski definition) is 3. The van der Waals surface area contributed by atoms with Crippen LogP contribution in [0.25, 0.3) is 5.65 Å². The summed E-state index contributed by atoms with van der Waals surface area (Å²) in [4.78, 5) is 17.2. The van der Waals surface area contributed by atoms with Crippen molar-refractivity contribution in [1.82, 2.24) is 19.9 Å². The van der Waals surface area contributed by atoms with E-state index in [4.69, 9.17) is 0 Å². The molecule has 1 amide bonds. The van der Waals surface area contributed by atoms with Gasteiger partial charge in [0, 0.05) is 18.4 Å². The van der Waals surface area contributed by atoms with E-state index in [9.17, 15) is 4.79 Å². The van der Waals surface area contributed by atoms with Crippen molar-refractivity contribution in [3.8, 4) is 0 Å². The molecule has 1 aromatic carbocycles. The molecule has 5 heteroatoms. The van der Waals surface area contributed by atoms with Gasteiger partial charge in [-0.05, 0) is 48.3 Å². The maximum Gasteiger partial charge on any atom is 0.257 e. The molecule has 0 saturated heterocycles. The van der Waals surface area contributed by atoms with Crippen LogP contribution in [0.5, 0.6) is 0 Å². The third kappa shape index (κ3) is 3.09. The lowest BCUT2D eigenvalue weighted by Crippen LogP contribution is -2.23. The molecular formula is C21H24N4O. The van der Waals surface area contributed by atoms with Crippen LogP contribution in [0.15, 0.2) is 36.7 Å². The quantitative estimate of drug-likeness (QED) is 0.787. The van der Waals surface area contributed by atoms with Gasteiger partial charge in [-0.25, -0.2) is 9.50 Å². The molecule has 0 fully saturated rings. The second-order valence-electron chi connectivity index (χ2n) is 7.22. The Morgan fingerprint density at radius 3 is 2.77 bits per heavy atom. The monoisotopic (exact) mass is 348 g/mol. The Bertz CT molecular complexity index is 943.